The lowest BCUT2D eigenvalue weighted by Gasteiger charge is -2.36. The highest BCUT2D eigenvalue weighted by Gasteiger charge is 2.36. The molecule has 0 saturated carbocycles. The molecule has 12 heteroatoms. The van der Waals surface area contributed by atoms with E-state index < -0.39 is 17.6 Å². The van der Waals surface area contributed by atoms with Gasteiger partial charge in [0, 0.05) is 50.5 Å². The summed E-state index contributed by atoms with van der Waals surface area (Å²) in [5.74, 6) is 0.559. The number of anilines is 3. The Morgan fingerprint density at radius 3 is 2.33 bits per heavy atom. The summed E-state index contributed by atoms with van der Waals surface area (Å²) < 4.78 is 54.2. The number of pyridine rings is 1. The van der Waals surface area contributed by atoms with Crippen LogP contribution in [0.5, 0.6) is 0 Å². The minimum Gasteiger partial charge on any atom is -0.353 e. The van der Waals surface area contributed by atoms with Gasteiger partial charge in [-0.05, 0) is 51.1 Å². The Bertz CT molecular complexity index is 1210. The van der Waals surface area contributed by atoms with Gasteiger partial charge in [-0.15, -0.1) is 0 Å². The van der Waals surface area contributed by atoms with Crippen molar-refractivity contribution in [2.75, 3.05) is 47.4 Å². The number of aromatic nitrogens is 4. The molecule has 4 rings (SSSR count). The van der Waals surface area contributed by atoms with E-state index in [9.17, 15) is 17.6 Å². The quantitative estimate of drug-likeness (QED) is 0.406. The second-order valence-electron chi connectivity index (χ2n) is 8.61. The van der Waals surface area contributed by atoms with Gasteiger partial charge in [-0.1, -0.05) is 11.6 Å². The van der Waals surface area contributed by atoms with Crippen LogP contribution in [0.3, 0.4) is 0 Å². The molecule has 1 aliphatic rings. The maximum Gasteiger partial charge on any atom is 0.419 e. The molecule has 1 saturated heterocycles. The first kappa shape index (κ1) is 25.9. The summed E-state index contributed by atoms with van der Waals surface area (Å²) in [4.78, 5) is 23.4. The lowest BCUT2D eigenvalue weighted by Crippen LogP contribution is -2.48. The number of benzene rings is 1. The average Bonchev–Trinajstić information content (AvgIpc) is 2.85. The summed E-state index contributed by atoms with van der Waals surface area (Å²) in [5, 5.41) is -0.0448. The van der Waals surface area contributed by atoms with E-state index in [0.717, 1.165) is 6.07 Å². The smallest absolute Gasteiger partial charge is 0.353 e. The maximum absolute atomic E-state index is 13.7. The van der Waals surface area contributed by atoms with Crippen molar-refractivity contribution in [3.63, 3.8) is 0 Å². The van der Waals surface area contributed by atoms with Gasteiger partial charge in [0.1, 0.15) is 11.6 Å². The molecular weight excluding hydrogens is 498 g/mol. The Labute approximate surface area is 211 Å². The van der Waals surface area contributed by atoms with E-state index in [1.165, 1.54) is 24.4 Å². The molecule has 0 N–H and O–H groups in total. The highest BCUT2D eigenvalue weighted by molar-refractivity contribution is 6.31. The van der Waals surface area contributed by atoms with E-state index in [4.69, 9.17) is 11.6 Å². The fourth-order valence-electron chi connectivity index (χ4n) is 4.11. The van der Waals surface area contributed by atoms with E-state index in [-0.39, 0.29) is 16.9 Å². The van der Waals surface area contributed by atoms with Crippen LogP contribution in [0.4, 0.5) is 35.3 Å². The summed E-state index contributed by atoms with van der Waals surface area (Å²) in [6, 6.07) is 6.70. The molecule has 7 nitrogen and oxygen atoms in total. The topological polar surface area (TPSA) is 61.3 Å². The van der Waals surface area contributed by atoms with Crippen LogP contribution in [-0.4, -0.2) is 58.7 Å². The van der Waals surface area contributed by atoms with Gasteiger partial charge >= 0.3 is 6.18 Å². The van der Waals surface area contributed by atoms with Crippen molar-refractivity contribution in [2.45, 2.75) is 33.0 Å². The fourth-order valence-corrected chi connectivity index (χ4v) is 4.29. The Morgan fingerprint density at radius 2 is 1.72 bits per heavy atom. The maximum atomic E-state index is 13.7. The summed E-state index contributed by atoms with van der Waals surface area (Å²) in [7, 11) is 0. The Kier molecular flexibility index (Phi) is 7.49. The third kappa shape index (κ3) is 5.45. The molecule has 1 aromatic carbocycles. The molecule has 0 atom stereocenters. The molecule has 36 heavy (non-hydrogen) atoms. The van der Waals surface area contributed by atoms with E-state index >= 15 is 0 Å². The van der Waals surface area contributed by atoms with Crippen LogP contribution in [0.1, 0.15) is 26.3 Å². The first-order valence-electron chi connectivity index (χ1n) is 11.6. The van der Waals surface area contributed by atoms with Crippen molar-refractivity contribution < 1.29 is 17.6 Å². The first-order valence-corrected chi connectivity index (χ1v) is 12.0. The van der Waals surface area contributed by atoms with E-state index in [0.29, 0.717) is 56.0 Å². The predicted molar refractivity (Wildman–Crippen MR) is 132 cm³/mol. The van der Waals surface area contributed by atoms with Crippen LogP contribution in [0.2, 0.25) is 5.02 Å². The van der Waals surface area contributed by atoms with Crippen LogP contribution in [0.25, 0.3) is 11.4 Å². The third-order valence-electron chi connectivity index (χ3n) is 5.96. The van der Waals surface area contributed by atoms with Crippen molar-refractivity contribution in [1.82, 2.24) is 19.9 Å². The summed E-state index contributed by atoms with van der Waals surface area (Å²) in [6.07, 6.45) is -3.13. The van der Waals surface area contributed by atoms with Gasteiger partial charge in [0.2, 0.25) is 11.9 Å². The number of halogens is 5. The van der Waals surface area contributed by atoms with Gasteiger partial charge in [0.25, 0.3) is 0 Å². The van der Waals surface area contributed by atoms with Crippen LogP contribution < -0.4 is 14.7 Å². The van der Waals surface area contributed by atoms with E-state index in [1.54, 1.807) is 11.0 Å². The van der Waals surface area contributed by atoms with Crippen molar-refractivity contribution in [3.8, 4) is 11.4 Å². The predicted octanol–water partition coefficient (Wildman–Crippen LogP) is 5.31. The van der Waals surface area contributed by atoms with Crippen molar-refractivity contribution in [2.24, 2.45) is 0 Å². The number of nitrogens with zero attached hydrogens (tertiary/aromatic N) is 7. The average molecular weight is 524 g/mol. The second kappa shape index (κ2) is 10.4. The molecule has 0 radical (unpaired) electrons. The molecule has 3 aromatic rings. The number of alkyl halides is 3. The molecule has 3 heterocycles. The lowest BCUT2D eigenvalue weighted by atomic mass is 10.2. The monoisotopic (exact) mass is 523 g/mol. The van der Waals surface area contributed by atoms with Crippen LogP contribution >= 0.6 is 11.6 Å². The minimum absolute atomic E-state index is 0.0448. The van der Waals surface area contributed by atoms with E-state index in [2.05, 4.69) is 19.9 Å². The Morgan fingerprint density at radius 1 is 1.03 bits per heavy atom. The largest absolute Gasteiger partial charge is 0.419 e. The number of hydrogen-bond donors (Lipinski definition) is 0. The molecule has 0 aliphatic carbocycles. The Hall–Kier alpha value is -3.21. The van der Waals surface area contributed by atoms with Gasteiger partial charge in [0.05, 0.1) is 10.6 Å². The molecule has 0 unspecified atom stereocenters. The molecule has 0 bridgehead atoms. The Balaban J connectivity index is 1.65. The zero-order valence-electron chi connectivity index (χ0n) is 20.1. The van der Waals surface area contributed by atoms with Crippen LogP contribution in [0, 0.1) is 5.82 Å². The van der Waals surface area contributed by atoms with Gasteiger partial charge in [-0.2, -0.15) is 28.1 Å². The van der Waals surface area contributed by atoms with Gasteiger partial charge in [-0.25, -0.2) is 9.37 Å². The second-order valence-corrected chi connectivity index (χ2v) is 9.02. The molecular formula is C24H26ClF4N7. The third-order valence-corrected chi connectivity index (χ3v) is 6.25. The minimum atomic E-state index is -4.49. The van der Waals surface area contributed by atoms with Crippen LogP contribution in [-0.2, 0) is 6.18 Å². The number of piperazine rings is 1. The molecule has 0 amide bonds. The molecule has 192 valence electrons. The van der Waals surface area contributed by atoms with Crippen LogP contribution in [0.15, 0.2) is 36.5 Å². The molecule has 0 spiro atoms. The van der Waals surface area contributed by atoms with Crippen molar-refractivity contribution in [1.29, 1.82) is 0 Å². The van der Waals surface area contributed by atoms with Gasteiger partial charge < -0.3 is 14.7 Å². The molecule has 2 aromatic heterocycles. The van der Waals surface area contributed by atoms with Crippen molar-refractivity contribution >= 4 is 29.3 Å². The zero-order valence-corrected chi connectivity index (χ0v) is 20.9. The first-order chi connectivity index (χ1) is 17.1. The summed E-state index contributed by atoms with van der Waals surface area (Å²) in [6.45, 7) is 8.06. The summed E-state index contributed by atoms with van der Waals surface area (Å²) in [5.41, 5.74) is -0.222. The fraction of sp³-hybridized carbons (Fsp3) is 0.417. The van der Waals surface area contributed by atoms with E-state index in [1.807, 2.05) is 30.6 Å². The van der Waals surface area contributed by atoms with Gasteiger partial charge in [-0.3, -0.25) is 0 Å². The lowest BCUT2D eigenvalue weighted by molar-refractivity contribution is -0.137. The van der Waals surface area contributed by atoms with Crippen molar-refractivity contribution in [3.05, 3.63) is 52.9 Å². The SMILES string of the molecule is CCN(c1nc(-c2ccc(F)c(Cl)c2)nc(N2CCN(c3ncccc3C(F)(F)F)CC2)n1)C(C)C. The number of rotatable bonds is 6. The molecule has 1 aliphatic heterocycles. The highest BCUT2D eigenvalue weighted by atomic mass is 35.5. The number of hydrogen-bond acceptors (Lipinski definition) is 7. The summed E-state index contributed by atoms with van der Waals surface area (Å²) >= 11 is 5.99. The molecule has 1 fully saturated rings. The van der Waals surface area contributed by atoms with Gasteiger partial charge in [0.15, 0.2) is 5.82 Å². The standard InChI is InChI=1S/C24H26ClF4N7/c1-4-36(15(2)3)23-32-20(16-7-8-19(26)18(25)14-16)31-22(33-23)35-12-10-34(11-13-35)21-17(24(27,28)29)6-5-9-30-21/h5-9,14-15H,4,10-13H2,1-3H3. The highest BCUT2D eigenvalue weighted by Crippen LogP contribution is 2.35. The normalized spacial score (nSPS) is 14.5. The zero-order chi connectivity index (χ0) is 26.0.